The molecule has 0 radical (unpaired) electrons. The summed E-state index contributed by atoms with van der Waals surface area (Å²) >= 11 is 0. The Balaban J connectivity index is 3.76. The van der Waals surface area contributed by atoms with Gasteiger partial charge in [-0.2, -0.15) is 0 Å². The summed E-state index contributed by atoms with van der Waals surface area (Å²) < 4.78 is 0. The van der Waals surface area contributed by atoms with Gasteiger partial charge in [-0.15, -0.1) is 0 Å². The average Bonchev–Trinajstić information content (AvgIpc) is 2.02. The predicted molar refractivity (Wildman–Crippen MR) is 50.1 cm³/mol. The number of hydrogen-bond donors (Lipinski definition) is 1. The van der Waals surface area contributed by atoms with Crippen molar-refractivity contribution in [1.29, 1.82) is 0 Å². The van der Waals surface area contributed by atoms with Crippen LogP contribution in [0.2, 0.25) is 0 Å². The Morgan fingerprint density at radius 2 is 2.17 bits per heavy atom. The Morgan fingerprint density at radius 1 is 1.58 bits per heavy atom. The van der Waals surface area contributed by atoms with Crippen LogP contribution in [0, 0.1) is 5.92 Å². The quantitative estimate of drug-likeness (QED) is 0.644. The number of carboxylic acid groups (broad SMARTS) is 1. The first-order valence-corrected chi connectivity index (χ1v) is 4.46. The summed E-state index contributed by atoms with van der Waals surface area (Å²) in [5.41, 5.74) is 1.30. The van der Waals surface area contributed by atoms with E-state index < -0.39 is 5.97 Å². The van der Waals surface area contributed by atoms with Crippen LogP contribution < -0.4 is 0 Å². The van der Waals surface area contributed by atoms with Gasteiger partial charge in [0.25, 0.3) is 0 Å². The summed E-state index contributed by atoms with van der Waals surface area (Å²) in [7, 11) is 0. The molecule has 1 N–H and O–H groups in total. The van der Waals surface area contributed by atoms with Crippen LogP contribution in [0.5, 0.6) is 0 Å². The van der Waals surface area contributed by atoms with Gasteiger partial charge in [-0.25, -0.2) is 0 Å². The Morgan fingerprint density at radius 3 is 2.58 bits per heavy atom. The number of carboxylic acids is 1. The van der Waals surface area contributed by atoms with Crippen LogP contribution in [-0.2, 0) is 4.79 Å². The third-order valence-corrected chi connectivity index (χ3v) is 2.21. The molecular formula is C10H18O2. The van der Waals surface area contributed by atoms with Crippen LogP contribution >= 0.6 is 0 Å². The largest absolute Gasteiger partial charge is 0.481 e. The van der Waals surface area contributed by atoms with Gasteiger partial charge in [0.05, 0.1) is 0 Å². The van der Waals surface area contributed by atoms with E-state index in [1.54, 1.807) is 0 Å². The van der Waals surface area contributed by atoms with E-state index in [0.717, 1.165) is 6.42 Å². The molecule has 0 aliphatic carbocycles. The third kappa shape index (κ3) is 4.94. The van der Waals surface area contributed by atoms with Crippen LogP contribution in [0.3, 0.4) is 0 Å². The SMILES string of the molecule is CCC(C)C(C)=CCCC(=O)O. The molecule has 0 bridgehead atoms. The lowest BCUT2D eigenvalue weighted by Gasteiger charge is -2.07. The molecule has 1 unspecified atom stereocenters. The maximum absolute atomic E-state index is 10.2. The van der Waals surface area contributed by atoms with Crippen LogP contribution in [-0.4, -0.2) is 11.1 Å². The molecule has 70 valence electrons. The molecule has 0 aromatic rings. The van der Waals surface area contributed by atoms with E-state index in [1.807, 2.05) is 6.08 Å². The minimum absolute atomic E-state index is 0.244. The fraction of sp³-hybridized carbons (Fsp3) is 0.700. The second kappa shape index (κ2) is 5.81. The van der Waals surface area contributed by atoms with Crippen LogP contribution in [0.4, 0.5) is 0 Å². The maximum atomic E-state index is 10.2. The van der Waals surface area contributed by atoms with Gasteiger partial charge in [-0.1, -0.05) is 25.5 Å². The number of rotatable bonds is 5. The molecule has 0 heterocycles. The highest BCUT2D eigenvalue weighted by atomic mass is 16.4. The van der Waals surface area contributed by atoms with Gasteiger partial charge in [0.15, 0.2) is 0 Å². The molecule has 0 aromatic carbocycles. The highest BCUT2D eigenvalue weighted by molar-refractivity contribution is 5.66. The van der Waals surface area contributed by atoms with Crippen molar-refractivity contribution in [1.82, 2.24) is 0 Å². The van der Waals surface area contributed by atoms with Gasteiger partial charge in [0.2, 0.25) is 0 Å². The van der Waals surface area contributed by atoms with Crippen molar-refractivity contribution >= 4 is 5.97 Å². The summed E-state index contributed by atoms with van der Waals surface area (Å²) in [5.74, 6) is -0.137. The Labute approximate surface area is 74.3 Å². The molecular weight excluding hydrogens is 152 g/mol. The van der Waals surface area contributed by atoms with Crippen molar-refractivity contribution in [2.75, 3.05) is 0 Å². The minimum Gasteiger partial charge on any atom is -0.481 e. The van der Waals surface area contributed by atoms with Crippen molar-refractivity contribution in [3.05, 3.63) is 11.6 Å². The Hall–Kier alpha value is -0.790. The van der Waals surface area contributed by atoms with E-state index in [-0.39, 0.29) is 6.42 Å². The normalized spacial score (nSPS) is 14.4. The number of aliphatic carboxylic acids is 1. The molecule has 0 spiro atoms. The molecule has 12 heavy (non-hydrogen) atoms. The molecule has 0 aliphatic heterocycles. The van der Waals surface area contributed by atoms with Gasteiger partial charge in [0.1, 0.15) is 0 Å². The maximum Gasteiger partial charge on any atom is 0.303 e. The van der Waals surface area contributed by atoms with Gasteiger partial charge in [0, 0.05) is 6.42 Å². The first-order valence-electron chi connectivity index (χ1n) is 4.46. The molecule has 1 atom stereocenters. The fourth-order valence-electron chi connectivity index (χ4n) is 0.946. The first kappa shape index (κ1) is 11.2. The van der Waals surface area contributed by atoms with E-state index >= 15 is 0 Å². The summed E-state index contributed by atoms with van der Waals surface area (Å²) in [5, 5.41) is 8.39. The zero-order chi connectivity index (χ0) is 9.56. The lowest BCUT2D eigenvalue weighted by molar-refractivity contribution is -0.136. The fourth-order valence-corrected chi connectivity index (χ4v) is 0.946. The van der Waals surface area contributed by atoms with E-state index in [2.05, 4.69) is 20.8 Å². The second-order valence-corrected chi connectivity index (χ2v) is 3.19. The Bertz CT molecular complexity index is 171. The van der Waals surface area contributed by atoms with Crippen LogP contribution in [0.1, 0.15) is 40.0 Å². The van der Waals surface area contributed by atoms with Crippen molar-refractivity contribution < 1.29 is 9.90 Å². The molecule has 0 fully saturated rings. The molecule has 0 amide bonds. The van der Waals surface area contributed by atoms with Gasteiger partial charge in [-0.3, -0.25) is 4.79 Å². The number of allylic oxidation sites excluding steroid dienone is 2. The zero-order valence-corrected chi connectivity index (χ0v) is 8.13. The lowest BCUT2D eigenvalue weighted by atomic mass is 9.99. The summed E-state index contributed by atoms with van der Waals surface area (Å²) in [6.45, 7) is 6.36. The van der Waals surface area contributed by atoms with Gasteiger partial charge in [-0.05, 0) is 25.7 Å². The summed E-state index contributed by atoms with van der Waals surface area (Å²) in [6.07, 6.45) is 4.05. The number of carbonyl (C=O) groups is 1. The monoisotopic (exact) mass is 170 g/mol. The van der Waals surface area contributed by atoms with E-state index in [1.165, 1.54) is 5.57 Å². The van der Waals surface area contributed by atoms with Crippen LogP contribution in [0.25, 0.3) is 0 Å². The molecule has 0 aliphatic rings. The van der Waals surface area contributed by atoms with Crippen molar-refractivity contribution in [3.63, 3.8) is 0 Å². The van der Waals surface area contributed by atoms with E-state index in [4.69, 9.17) is 5.11 Å². The summed E-state index contributed by atoms with van der Waals surface area (Å²) in [6, 6.07) is 0. The van der Waals surface area contributed by atoms with E-state index in [0.29, 0.717) is 12.3 Å². The zero-order valence-electron chi connectivity index (χ0n) is 8.13. The molecule has 0 saturated carbocycles. The van der Waals surface area contributed by atoms with Crippen LogP contribution in [0.15, 0.2) is 11.6 Å². The third-order valence-electron chi connectivity index (χ3n) is 2.21. The smallest absolute Gasteiger partial charge is 0.303 e. The highest BCUT2D eigenvalue weighted by Crippen LogP contribution is 2.13. The predicted octanol–water partition coefficient (Wildman–Crippen LogP) is 2.84. The number of hydrogen-bond acceptors (Lipinski definition) is 1. The molecule has 2 nitrogen and oxygen atoms in total. The highest BCUT2D eigenvalue weighted by Gasteiger charge is 2.00. The summed E-state index contributed by atoms with van der Waals surface area (Å²) in [4.78, 5) is 10.2. The average molecular weight is 170 g/mol. The van der Waals surface area contributed by atoms with E-state index in [9.17, 15) is 4.79 Å². The minimum atomic E-state index is -0.719. The van der Waals surface area contributed by atoms with Gasteiger partial charge >= 0.3 is 5.97 Å². The van der Waals surface area contributed by atoms with Gasteiger partial charge < -0.3 is 5.11 Å². The Kier molecular flexibility index (Phi) is 5.43. The molecule has 0 saturated heterocycles. The van der Waals surface area contributed by atoms with Crippen molar-refractivity contribution in [2.45, 2.75) is 40.0 Å². The lowest BCUT2D eigenvalue weighted by Crippen LogP contribution is -1.96. The first-order chi connectivity index (χ1) is 5.57. The second-order valence-electron chi connectivity index (χ2n) is 3.19. The van der Waals surface area contributed by atoms with Crippen molar-refractivity contribution in [2.24, 2.45) is 5.92 Å². The molecule has 0 aromatic heterocycles. The standard InChI is InChI=1S/C10H18O2/c1-4-8(2)9(3)6-5-7-10(11)12/h6,8H,4-5,7H2,1-3H3,(H,11,12). The molecule has 2 heteroatoms. The topological polar surface area (TPSA) is 37.3 Å². The van der Waals surface area contributed by atoms with Crippen molar-refractivity contribution in [3.8, 4) is 0 Å². The molecule has 0 rings (SSSR count).